The summed E-state index contributed by atoms with van der Waals surface area (Å²) >= 11 is 3.54. The first-order valence-electron chi connectivity index (χ1n) is 7.39. The van der Waals surface area contributed by atoms with Gasteiger partial charge in [0.2, 0.25) is 0 Å². The lowest BCUT2D eigenvalue weighted by Crippen LogP contribution is -1.99. The summed E-state index contributed by atoms with van der Waals surface area (Å²) in [6, 6.07) is 20.4. The number of aryl methyl sites for hydroxylation is 1. The predicted octanol–water partition coefficient (Wildman–Crippen LogP) is 5.16. The van der Waals surface area contributed by atoms with Crippen LogP contribution in [0, 0.1) is 6.92 Å². The lowest BCUT2D eigenvalue weighted by atomic mass is 10.2. The van der Waals surface area contributed by atoms with Crippen molar-refractivity contribution in [2.24, 2.45) is 0 Å². The van der Waals surface area contributed by atoms with Crippen LogP contribution in [0.4, 0.5) is 0 Å². The summed E-state index contributed by atoms with van der Waals surface area (Å²) in [6.07, 6.45) is 1.81. The molecule has 0 aliphatic rings. The molecular weight excluding hydrogens is 350 g/mol. The van der Waals surface area contributed by atoms with Crippen molar-refractivity contribution in [3.8, 4) is 17.2 Å². The van der Waals surface area contributed by atoms with Gasteiger partial charge in [-0.2, -0.15) is 0 Å². The fourth-order valence-electron chi connectivity index (χ4n) is 2.72. The van der Waals surface area contributed by atoms with Crippen molar-refractivity contribution in [1.82, 2.24) is 14.5 Å². The molecular formula is C19H14BrN3. The second kappa shape index (κ2) is 5.63. The van der Waals surface area contributed by atoms with Crippen LogP contribution in [0.25, 0.3) is 28.2 Å². The number of imidazole rings is 1. The van der Waals surface area contributed by atoms with Gasteiger partial charge in [-0.05, 0) is 48.9 Å². The van der Waals surface area contributed by atoms with E-state index in [1.807, 2.05) is 36.5 Å². The molecule has 2 heterocycles. The molecule has 0 amide bonds. The van der Waals surface area contributed by atoms with E-state index in [-0.39, 0.29) is 0 Å². The summed E-state index contributed by atoms with van der Waals surface area (Å²) in [5.41, 5.74) is 4.30. The van der Waals surface area contributed by atoms with E-state index in [2.05, 4.69) is 62.7 Å². The molecule has 0 atom stereocenters. The maximum Gasteiger partial charge on any atom is 0.146 e. The average molecular weight is 364 g/mol. The van der Waals surface area contributed by atoms with E-state index < -0.39 is 0 Å². The van der Waals surface area contributed by atoms with Crippen LogP contribution in [0.2, 0.25) is 0 Å². The van der Waals surface area contributed by atoms with Crippen molar-refractivity contribution < 1.29 is 0 Å². The van der Waals surface area contributed by atoms with Gasteiger partial charge in [-0.25, -0.2) is 9.97 Å². The molecule has 4 heteroatoms. The first-order chi connectivity index (χ1) is 11.2. The molecule has 2 aromatic carbocycles. The summed E-state index contributed by atoms with van der Waals surface area (Å²) in [4.78, 5) is 9.36. The second-order valence-electron chi connectivity index (χ2n) is 5.46. The van der Waals surface area contributed by atoms with Crippen molar-refractivity contribution in [3.05, 3.63) is 76.9 Å². The van der Waals surface area contributed by atoms with Crippen LogP contribution in [0.15, 0.2) is 71.3 Å². The maximum atomic E-state index is 4.84. The Labute approximate surface area is 142 Å². The molecule has 2 aromatic heterocycles. The van der Waals surface area contributed by atoms with Gasteiger partial charge in [0.1, 0.15) is 11.6 Å². The van der Waals surface area contributed by atoms with Crippen molar-refractivity contribution in [2.45, 2.75) is 6.92 Å². The zero-order chi connectivity index (χ0) is 15.8. The van der Waals surface area contributed by atoms with Gasteiger partial charge in [-0.1, -0.05) is 40.2 Å². The molecule has 0 unspecified atom stereocenters. The molecule has 0 saturated carbocycles. The van der Waals surface area contributed by atoms with E-state index in [1.165, 1.54) is 5.56 Å². The lowest BCUT2D eigenvalue weighted by molar-refractivity contribution is 1.03. The zero-order valence-electron chi connectivity index (χ0n) is 12.6. The van der Waals surface area contributed by atoms with Crippen LogP contribution in [0.5, 0.6) is 0 Å². The van der Waals surface area contributed by atoms with Gasteiger partial charge in [-0.3, -0.25) is 4.57 Å². The van der Waals surface area contributed by atoms with Crippen LogP contribution in [-0.2, 0) is 0 Å². The van der Waals surface area contributed by atoms with Crippen LogP contribution in [-0.4, -0.2) is 14.5 Å². The van der Waals surface area contributed by atoms with Crippen molar-refractivity contribution in [3.63, 3.8) is 0 Å². The smallest absolute Gasteiger partial charge is 0.146 e. The Bertz CT molecular complexity index is 990. The van der Waals surface area contributed by atoms with E-state index in [0.717, 1.165) is 32.7 Å². The highest BCUT2D eigenvalue weighted by Crippen LogP contribution is 2.29. The molecule has 4 rings (SSSR count). The first kappa shape index (κ1) is 14.2. The largest absolute Gasteiger partial charge is 0.276 e. The Hall–Kier alpha value is -2.46. The van der Waals surface area contributed by atoms with E-state index >= 15 is 0 Å². The lowest BCUT2D eigenvalue weighted by Gasteiger charge is -2.09. The molecule has 0 aliphatic carbocycles. The monoisotopic (exact) mass is 363 g/mol. The van der Waals surface area contributed by atoms with Gasteiger partial charge in [-0.15, -0.1) is 0 Å². The van der Waals surface area contributed by atoms with Crippen molar-refractivity contribution >= 4 is 27.0 Å². The van der Waals surface area contributed by atoms with Crippen molar-refractivity contribution in [2.75, 3.05) is 0 Å². The fraction of sp³-hybridized carbons (Fsp3) is 0.0526. The summed E-state index contributed by atoms with van der Waals surface area (Å²) in [7, 11) is 0. The molecule has 0 aliphatic heterocycles. The highest BCUT2D eigenvalue weighted by Gasteiger charge is 2.15. The van der Waals surface area contributed by atoms with Gasteiger partial charge in [0.25, 0.3) is 0 Å². The average Bonchev–Trinajstić information content (AvgIpc) is 2.94. The quantitative estimate of drug-likeness (QED) is 0.492. The first-order valence-corrected chi connectivity index (χ1v) is 8.18. The molecule has 0 bridgehead atoms. The number of pyridine rings is 1. The van der Waals surface area contributed by atoms with Gasteiger partial charge >= 0.3 is 0 Å². The third-order valence-electron chi connectivity index (χ3n) is 3.77. The number of halogens is 1. The molecule has 4 aromatic rings. The molecule has 0 spiro atoms. The number of hydrogen-bond acceptors (Lipinski definition) is 2. The third-order valence-corrected chi connectivity index (χ3v) is 4.26. The highest BCUT2D eigenvalue weighted by molar-refractivity contribution is 9.10. The molecule has 0 fully saturated rings. The predicted molar refractivity (Wildman–Crippen MR) is 96.7 cm³/mol. The zero-order valence-corrected chi connectivity index (χ0v) is 14.2. The minimum absolute atomic E-state index is 0.871. The van der Waals surface area contributed by atoms with Crippen LogP contribution >= 0.6 is 15.9 Å². The summed E-state index contributed by atoms with van der Waals surface area (Å²) in [6.45, 7) is 2.09. The molecule has 112 valence electrons. The fourth-order valence-corrected chi connectivity index (χ4v) is 3.12. The SMILES string of the molecule is Cc1ccc2nc(-c3cccc(Br)c3)n(-c3ccccn3)c2c1. The topological polar surface area (TPSA) is 30.7 Å². The Balaban J connectivity index is 2.08. The number of rotatable bonds is 2. The second-order valence-corrected chi connectivity index (χ2v) is 6.38. The Morgan fingerprint density at radius 1 is 0.957 bits per heavy atom. The van der Waals surface area contributed by atoms with Gasteiger partial charge < -0.3 is 0 Å². The Morgan fingerprint density at radius 2 is 1.87 bits per heavy atom. The summed E-state index contributed by atoms with van der Waals surface area (Å²) < 4.78 is 3.15. The number of fused-ring (bicyclic) bond motifs is 1. The number of aromatic nitrogens is 3. The number of benzene rings is 2. The van der Waals surface area contributed by atoms with Gasteiger partial charge in [0.15, 0.2) is 0 Å². The molecule has 23 heavy (non-hydrogen) atoms. The molecule has 0 saturated heterocycles. The molecule has 0 radical (unpaired) electrons. The van der Waals surface area contributed by atoms with Crippen LogP contribution < -0.4 is 0 Å². The van der Waals surface area contributed by atoms with E-state index in [4.69, 9.17) is 4.98 Å². The van der Waals surface area contributed by atoms with Gasteiger partial charge in [0.05, 0.1) is 11.0 Å². The molecule has 3 nitrogen and oxygen atoms in total. The maximum absolute atomic E-state index is 4.84. The standard InChI is InChI=1S/C19H14BrN3/c1-13-8-9-16-17(11-13)23(18-7-2-3-10-21-18)19(22-16)14-5-4-6-15(20)12-14/h2-12H,1H3. The minimum atomic E-state index is 0.871. The van der Waals surface area contributed by atoms with Gasteiger partial charge in [0, 0.05) is 16.2 Å². The van der Waals surface area contributed by atoms with E-state index in [0.29, 0.717) is 0 Å². The highest BCUT2D eigenvalue weighted by atomic mass is 79.9. The van der Waals surface area contributed by atoms with Crippen molar-refractivity contribution in [1.29, 1.82) is 0 Å². The molecule has 0 N–H and O–H groups in total. The minimum Gasteiger partial charge on any atom is -0.276 e. The van der Waals surface area contributed by atoms with E-state index in [1.54, 1.807) is 0 Å². The Kier molecular flexibility index (Phi) is 3.46. The summed E-state index contributed by atoms with van der Waals surface area (Å²) in [5.74, 6) is 1.76. The normalized spacial score (nSPS) is 11.0. The van der Waals surface area contributed by atoms with Crippen LogP contribution in [0.3, 0.4) is 0 Å². The third kappa shape index (κ3) is 2.55. The number of hydrogen-bond donors (Lipinski definition) is 0. The summed E-state index contributed by atoms with van der Waals surface area (Å²) in [5, 5.41) is 0. The van der Waals surface area contributed by atoms with Crippen LogP contribution in [0.1, 0.15) is 5.56 Å². The Morgan fingerprint density at radius 3 is 2.65 bits per heavy atom. The number of nitrogens with zero attached hydrogens (tertiary/aromatic N) is 3. The van der Waals surface area contributed by atoms with E-state index in [9.17, 15) is 0 Å².